The Morgan fingerprint density at radius 2 is 2.28 bits per heavy atom. The summed E-state index contributed by atoms with van der Waals surface area (Å²) in [6.07, 6.45) is 2.76. The molecule has 0 saturated carbocycles. The molecule has 1 aliphatic rings. The number of hydrogen-bond donors (Lipinski definition) is 1. The third-order valence-corrected chi connectivity index (χ3v) is 3.80. The first-order valence-electron chi connectivity index (χ1n) is 6.17. The molecule has 4 nitrogen and oxygen atoms in total. The van der Waals surface area contributed by atoms with Crippen LogP contribution in [0.15, 0.2) is 16.7 Å². The highest BCUT2D eigenvalue weighted by atomic mass is 79.9. The molecule has 1 fully saturated rings. The number of hydrogen-bond acceptors (Lipinski definition) is 3. The van der Waals surface area contributed by atoms with Crippen molar-refractivity contribution in [3.05, 3.63) is 22.3 Å². The fourth-order valence-corrected chi connectivity index (χ4v) is 2.87. The van der Waals surface area contributed by atoms with Gasteiger partial charge < -0.3 is 10.2 Å². The molecule has 0 radical (unpaired) electrons. The van der Waals surface area contributed by atoms with Crippen LogP contribution < -0.4 is 5.32 Å². The molecule has 0 bridgehead atoms. The Morgan fingerprint density at radius 3 is 2.83 bits per heavy atom. The number of nitrogens with zero attached hydrogens (tertiary/aromatic N) is 2. The van der Waals surface area contributed by atoms with Gasteiger partial charge in [-0.15, -0.1) is 0 Å². The number of pyridine rings is 1. The Balaban J connectivity index is 2.31. The molecule has 2 atom stereocenters. The van der Waals surface area contributed by atoms with Gasteiger partial charge in [-0.3, -0.25) is 4.79 Å². The van der Waals surface area contributed by atoms with Crippen LogP contribution in [-0.2, 0) is 0 Å². The molecule has 1 aromatic rings. The van der Waals surface area contributed by atoms with Crippen LogP contribution in [0.5, 0.6) is 0 Å². The third kappa shape index (κ3) is 2.51. The zero-order valence-electron chi connectivity index (χ0n) is 10.9. The van der Waals surface area contributed by atoms with E-state index in [1.807, 2.05) is 11.0 Å². The number of anilines is 1. The van der Waals surface area contributed by atoms with Gasteiger partial charge in [-0.05, 0) is 41.3 Å². The minimum absolute atomic E-state index is 0.0602. The van der Waals surface area contributed by atoms with Crippen molar-refractivity contribution in [1.82, 2.24) is 9.88 Å². The lowest BCUT2D eigenvalue weighted by molar-refractivity contribution is 0.0744. The predicted octanol–water partition coefficient (Wildman–Crippen LogP) is 2.76. The Kier molecular flexibility index (Phi) is 3.90. The number of likely N-dealkylation sites (tertiary alicyclic amines) is 1. The normalized spacial score (nSPS) is 23.2. The van der Waals surface area contributed by atoms with Crippen LogP contribution >= 0.6 is 15.9 Å². The maximum atomic E-state index is 12.6. The number of aromatic nitrogens is 1. The smallest absolute Gasteiger partial charge is 0.257 e. The van der Waals surface area contributed by atoms with Gasteiger partial charge in [0.05, 0.1) is 5.56 Å². The second-order valence-corrected chi connectivity index (χ2v) is 5.86. The van der Waals surface area contributed by atoms with E-state index in [1.54, 1.807) is 13.2 Å². The molecule has 2 unspecified atom stereocenters. The van der Waals surface area contributed by atoms with E-state index in [1.165, 1.54) is 0 Å². The quantitative estimate of drug-likeness (QED) is 0.913. The van der Waals surface area contributed by atoms with Crippen molar-refractivity contribution in [3.8, 4) is 0 Å². The molecular weight excluding hydrogens is 294 g/mol. The van der Waals surface area contributed by atoms with Gasteiger partial charge in [0.2, 0.25) is 0 Å². The molecule has 0 aromatic carbocycles. The highest BCUT2D eigenvalue weighted by Gasteiger charge is 2.31. The highest BCUT2D eigenvalue weighted by molar-refractivity contribution is 9.10. The summed E-state index contributed by atoms with van der Waals surface area (Å²) in [5.41, 5.74) is 0.632. The van der Waals surface area contributed by atoms with Crippen LogP contribution in [0.3, 0.4) is 0 Å². The van der Waals surface area contributed by atoms with Crippen molar-refractivity contribution in [2.45, 2.75) is 26.3 Å². The monoisotopic (exact) mass is 311 g/mol. The van der Waals surface area contributed by atoms with Crippen molar-refractivity contribution in [2.24, 2.45) is 5.92 Å². The third-order valence-electron chi connectivity index (χ3n) is 3.37. The summed E-state index contributed by atoms with van der Waals surface area (Å²) in [6, 6.07) is 2.13. The standard InChI is InChI=1S/C13H18BrN3O/c1-8-4-9(2)17(7-8)13(18)11-5-10(14)6-16-12(11)15-3/h5-6,8-9H,4,7H2,1-3H3,(H,15,16). The summed E-state index contributed by atoms with van der Waals surface area (Å²) < 4.78 is 0.824. The summed E-state index contributed by atoms with van der Waals surface area (Å²) in [7, 11) is 1.78. The molecule has 1 N–H and O–H groups in total. The Labute approximate surface area is 116 Å². The van der Waals surface area contributed by atoms with Crippen molar-refractivity contribution in [3.63, 3.8) is 0 Å². The van der Waals surface area contributed by atoms with E-state index in [0.29, 0.717) is 23.3 Å². The molecule has 0 spiro atoms. The maximum Gasteiger partial charge on any atom is 0.257 e. The molecule has 1 aromatic heterocycles. The first-order valence-corrected chi connectivity index (χ1v) is 6.96. The molecule has 0 aliphatic carbocycles. The Morgan fingerprint density at radius 1 is 1.56 bits per heavy atom. The number of carbonyl (C=O) groups is 1. The summed E-state index contributed by atoms with van der Waals surface area (Å²) in [5.74, 6) is 1.27. The number of rotatable bonds is 2. The summed E-state index contributed by atoms with van der Waals surface area (Å²) in [6.45, 7) is 5.11. The van der Waals surface area contributed by atoms with Crippen molar-refractivity contribution in [1.29, 1.82) is 0 Å². The van der Waals surface area contributed by atoms with Crippen molar-refractivity contribution >= 4 is 27.7 Å². The summed E-state index contributed by atoms with van der Waals surface area (Å²) in [4.78, 5) is 18.7. The molecule has 5 heteroatoms. The molecule has 1 aliphatic heterocycles. The van der Waals surface area contributed by atoms with Crippen molar-refractivity contribution < 1.29 is 4.79 Å². The van der Waals surface area contributed by atoms with Crippen LogP contribution in [0.1, 0.15) is 30.6 Å². The van der Waals surface area contributed by atoms with Crippen molar-refractivity contribution in [2.75, 3.05) is 18.9 Å². The SMILES string of the molecule is CNc1ncc(Br)cc1C(=O)N1CC(C)CC1C. The van der Waals surface area contributed by atoms with Gasteiger partial charge >= 0.3 is 0 Å². The molecular formula is C13H18BrN3O. The molecule has 2 heterocycles. The largest absolute Gasteiger partial charge is 0.372 e. The molecule has 1 saturated heterocycles. The number of carbonyl (C=O) groups excluding carboxylic acids is 1. The lowest BCUT2D eigenvalue weighted by Crippen LogP contribution is -2.34. The van der Waals surface area contributed by atoms with E-state index in [4.69, 9.17) is 0 Å². The molecule has 1 amide bonds. The van der Waals surface area contributed by atoms with E-state index >= 15 is 0 Å². The van der Waals surface area contributed by atoms with E-state index in [0.717, 1.165) is 17.4 Å². The van der Waals surface area contributed by atoms with Gasteiger partial charge in [0, 0.05) is 30.3 Å². The number of amides is 1. The van der Waals surface area contributed by atoms with Crippen LogP contribution in [-0.4, -0.2) is 35.4 Å². The zero-order chi connectivity index (χ0) is 13.3. The Bertz CT molecular complexity index is 464. The average molecular weight is 312 g/mol. The average Bonchev–Trinajstić information content (AvgIpc) is 2.67. The van der Waals surface area contributed by atoms with Gasteiger partial charge in [-0.1, -0.05) is 6.92 Å². The fourth-order valence-electron chi connectivity index (χ4n) is 2.54. The minimum atomic E-state index is 0.0602. The first-order chi connectivity index (χ1) is 8.52. The van der Waals surface area contributed by atoms with E-state index in [-0.39, 0.29) is 5.91 Å². The number of halogens is 1. The number of nitrogens with one attached hydrogen (secondary N) is 1. The lowest BCUT2D eigenvalue weighted by Gasteiger charge is -2.22. The van der Waals surface area contributed by atoms with Crippen LogP contribution in [0.25, 0.3) is 0 Å². The van der Waals surface area contributed by atoms with Gasteiger partial charge in [-0.25, -0.2) is 4.98 Å². The van der Waals surface area contributed by atoms with Gasteiger partial charge in [-0.2, -0.15) is 0 Å². The molecule has 18 heavy (non-hydrogen) atoms. The highest BCUT2D eigenvalue weighted by Crippen LogP contribution is 2.27. The van der Waals surface area contributed by atoms with Gasteiger partial charge in [0.15, 0.2) is 0 Å². The predicted molar refractivity (Wildman–Crippen MR) is 75.8 cm³/mol. The van der Waals surface area contributed by atoms with Gasteiger partial charge in [0.25, 0.3) is 5.91 Å². The van der Waals surface area contributed by atoms with Crippen LogP contribution in [0, 0.1) is 5.92 Å². The topological polar surface area (TPSA) is 45.2 Å². The first kappa shape index (κ1) is 13.3. The Hall–Kier alpha value is -1.10. The second-order valence-electron chi connectivity index (χ2n) is 4.95. The van der Waals surface area contributed by atoms with Crippen LogP contribution in [0.4, 0.5) is 5.82 Å². The fraction of sp³-hybridized carbons (Fsp3) is 0.538. The van der Waals surface area contributed by atoms with E-state index in [9.17, 15) is 4.79 Å². The second kappa shape index (κ2) is 5.26. The minimum Gasteiger partial charge on any atom is -0.372 e. The molecule has 2 rings (SSSR count). The van der Waals surface area contributed by atoms with E-state index < -0.39 is 0 Å². The zero-order valence-corrected chi connectivity index (χ0v) is 12.5. The lowest BCUT2D eigenvalue weighted by atomic mass is 10.1. The van der Waals surface area contributed by atoms with E-state index in [2.05, 4.69) is 40.1 Å². The summed E-state index contributed by atoms with van der Waals surface area (Å²) >= 11 is 3.37. The summed E-state index contributed by atoms with van der Waals surface area (Å²) in [5, 5.41) is 2.97. The maximum absolute atomic E-state index is 12.6. The molecule has 98 valence electrons. The van der Waals surface area contributed by atoms with Crippen LogP contribution in [0.2, 0.25) is 0 Å². The van der Waals surface area contributed by atoms with Gasteiger partial charge in [0.1, 0.15) is 5.82 Å².